The van der Waals surface area contributed by atoms with Crippen LogP contribution in [0.1, 0.15) is 27.4 Å². The molecule has 9 heteroatoms. The lowest BCUT2D eigenvalue weighted by atomic mass is 10.1. The fourth-order valence-electron chi connectivity index (χ4n) is 3.22. The Morgan fingerprint density at radius 3 is 2.44 bits per heavy atom. The Morgan fingerprint density at radius 2 is 1.78 bits per heavy atom. The van der Waals surface area contributed by atoms with Gasteiger partial charge in [0.1, 0.15) is 5.82 Å². The Balaban J connectivity index is 1.72. The van der Waals surface area contributed by atoms with Crippen molar-refractivity contribution in [1.82, 2.24) is 19.7 Å². The molecule has 1 amide bonds. The zero-order valence-electron chi connectivity index (χ0n) is 17.2. The molecule has 0 fully saturated rings. The third-order valence-electron chi connectivity index (χ3n) is 4.74. The first-order chi connectivity index (χ1) is 15.2. The van der Waals surface area contributed by atoms with Gasteiger partial charge in [0.25, 0.3) is 5.91 Å². The molecule has 0 aliphatic carbocycles. The number of amides is 1. The van der Waals surface area contributed by atoms with Gasteiger partial charge in [-0.3, -0.25) is 4.79 Å². The smallest absolute Gasteiger partial charge is 0.319 e. The second kappa shape index (κ2) is 8.26. The molecule has 32 heavy (non-hydrogen) atoms. The Morgan fingerprint density at radius 1 is 1.03 bits per heavy atom. The molecular formula is C23H18F3N5O. The molecule has 0 aliphatic heterocycles. The Labute approximate surface area is 181 Å². The van der Waals surface area contributed by atoms with Crippen LogP contribution in [0.3, 0.4) is 0 Å². The first-order valence-electron chi connectivity index (χ1n) is 9.66. The van der Waals surface area contributed by atoms with E-state index in [0.717, 1.165) is 22.4 Å². The summed E-state index contributed by atoms with van der Waals surface area (Å²) >= 11 is 0. The van der Waals surface area contributed by atoms with Crippen molar-refractivity contribution < 1.29 is 18.0 Å². The van der Waals surface area contributed by atoms with Crippen LogP contribution in [0, 0.1) is 13.8 Å². The average molecular weight is 437 g/mol. The molecule has 0 saturated heterocycles. The number of halogens is 3. The third-order valence-corrected chi connectivity index (χ3v) is 4.74. The van der Waals surface area contributed by atoms with Crippen molar-refractivity contribution in [1.29, 1.82) is 0 Å². The van der Waals surface area contributed by atoms with E-state index < -0.39 is 17.6 Å². The van der Waals surface area contributed by atoms with Gasteiger partial charge in [0.15, 0.2) is 0 Å². The molecule has 1 N–H and O–H groups in total. The first kappa shape index (κ1) is 21.2. The normalized spacial score (nSPS) is 11.4. The SMILES string of the molecule is Cc1ccn(-c2cc(C(=O)Nc3cnc(C)nc3-c3ccccc3)ccc2C(F)(F)F)n1. The van der Waals surface area contributed by atoms with E-state index in [1.54, 1.807) is 19.9 Å². The summed E-state index contributed by atoms with van der Waals surface area (Å²) in [5.74, 6) is -0.0683. The van der Waals surface area contributed by atoms with Crippen molar-refractivity contribution in [2.45, 2.75) is 20.0 Å². The highest BCUT2D eigenvalue weighted by atomic mass is 19.4. The summed E-state index contributed by atoms with van der Waals surface area (Å²) in [6, 6.07) is 14.0. The maximum absolute atomic E-state index is 13.5. The summed E-state index contributed by atoms with van der Waals surface area (Å²) < 4.78 is 41.7. The number of nitrogens with zero attached hydrogens (tertiary/aromatic N) is 4. The molecule has 0 saturated carbocycles. The topological polar surface area (TPSA) is 72.7 Å². The van der Waals surface area contributed by atoms with Gasteiger partial charge in [-0.25, -0.2) is 14.6 Å². The maximum atomic E-state index is 13.5. The van der Waals surface area contributed by atoms with Gasteiger partial charge in [-0.2, -0.15) is 18.3 Å². The van der Waals surface area contributed by atoms with Crippen molar-refractivity contribution in [3.8, 4) is 16.9 Å². The average Bonchev–Trinajstić information content (AvgIpc) is 3.20. The molecule has 0 unspecified atom stereocenters. The molecule has 2 aromatic heterocycles. The van der Waals surface area contributed by atoms with Gasteiger partial charge < -0.3 is 5.32 Å². The molecular weight excluding hydrogens is 419 g/mol. The summed E-state index contributed by atoms with van der Waals surface area (Å²) in [6.45, 7) is 3.40. The number of benzene rings is 2. The second-order valence-corrected chi connectivity index (χ2v) is 7.13. The van der Waals surface area contributed by atoms with Crippen LogP contribution >= 0.6 is 0 Å². The molecule has 4 aromatic rings. The van der Waals surface area contributed by atoms with Gasteiger partial charge in [-0.05, 0) is 38.1 Å². The summed E-state index contributed by atoms with van der Waals surface area (Å²) in [5.41, 5.74) is 1.11. The summed E-state index contributed by atoms with van der Waals surface area (Å²) in [4.78, 5) is 21.5. The number of anilines is 1. The van der Waals surface area contributed by atoms with Crippen LogP contribution in [0.15, 0.2) is 67.0 Å². The number of hydrogen-bond acceptors (Lipinski definition) is 4. The number of alkyl halides is 3. The van der Waals surface area contributed by atoms with E-state index in [1.165, 1.54) is 18.5 Å². The molecule has 0 atom stereocenters. The molecule has 0 spiro atoms. The van der Waals surface area contributed by atoms with Crippen LogP contribution in [0.2, 0.25) is 0 Å². The summed E-state index contributed by atoms with van der Waals surface area (Å²) in [6.07, 6.45) is -1.71. The van der Waals surface area contributed by atoms with Gasteiger partial charge in [-0.1, -0.05) is 30.3 Å². The number of carbonyl (C=O) groups is 1. The van der Waals surface area contributed by atoms with Gasteiger partial charge in [0, 0.05) is 17.3 Å². The minimum Gasteiger partial charge on any atom is -0.319 e. The van der Waals surface area contributed by atoms with Crippen molar-refractivity contribution in [3.63, 3.8) is 0 Å². The largest absolute Gasteiger partial charge is 0.418 e. The molecule has 4 rings (SSSR count). The first-order valence-corrected chi connectivity index (χ1v) is 9.66. The number of rotatable bonds is 4. The minimum atomic E-state index is -4.60. The number of nitrogens with one attached hydrogen (secondary N) is 1. The van der Waals surface area contributed by atoms with Crippen molar-refractivity contribution in [2.75, 3.05) is 5.32 Å². The summed E-state index contributed by atoms with van der Waals surface area (Å²) in [7, 11) is 0. The fraction of sp³-hybridized carbons (Fsp3) is 0.130. The van der Waals surface area contributed by atoms with E-state index in [4.69, 9.17) is 0 Å². The van der Waals surface area contributed by atoms with E-state index in [0.29, 0.717) is 22.9 Å². The van der Waals surface area contributed by atoms with Crippen LogP contribution in [0.4, 0.5) is 18.9 Å². The Bertz CT molecular complexity index is 1280. The predicted octanol–water partition coefficient (Wildman–Crippen LogP) is 5.22. The molecule has 0 radical (unpaired) electrons. The lowest BCUT2D eigenvalue weighted by Crippen LogP contribution is -2.17. The molecule has 162 valence electrons. The van der Waals surface area contributed by atoms with Crippen LogP contribution in [0.25, 0.3) is 16.9 Å². The number of hydrogen-bond donors (Lipinski definition) is 1. The minimum absolute atomic E-state index is 0.0424. The monoisotopic (exact) mass is 437 g/mol. The fourth-order valence-corrected chi connectivity index (χ4v) is 3.22. The lowest BCUT2D eigenvalue weighted by Gasteiger charge is -2.15. The standard InChI is InChI=1S/C23H18F3N5O/c1-14-10-11-31(30-14)20-12-17(8-9-18(20)23(24,25)26)22(32)29-19-13-27-15(2)28-21(19)16-6-4-3-5-7-16/h3-13H,1-2H3,(H,29,32). The van der Waals surface area contributed by atoms with Gasteiger partial charge >= 0.3 is 6.18 Å². The van der Waals surface area contributed by atoms with E-state index in [1.807, 2.05) is 30.3 Å². The number of aryl methyl sites for hydroxylation is 2. The van der Waals surface area contributed by atoms with Crippen molar-refractivity contribution in [3.05, 3.63) is 89.6 Å². The Kier molecular flexibility index (Phi) is 5.48. The van der Waals surface area contributed by atoms with Crippen molar-refractivity contribution >= 4 is 11.6 Å². The van der Waals surface area contributed by atoms with Crippen LogP contribution in [-0.2, 0) is 6.18 Å². The van der Waals surface area contributed by atoms with E-state index in [9.17, 15) is 18.0 Å². The Hall–Kier alpha value is -4.01. The zero-order chi connectivity index (χ0) is 22.9. The van der Waals surface area contributed by atoms with Gasteiger partial charge in [-0.15, -0.1) is 0 Å². The third kappa shape index (κ3) is 4.36. The lowest BCUT2D eigenvalue weighted by molar-refractivity contribution is -0.137. The van der Waals surface area contributed by atoms with Crippen LogP contribution < -0.4 is 5.32 Å². The molecule has 0 aliphatic rings. The van der Waals surface area contributed by atoms with Crippen molar-refractivity contribution in [2.24, 2.45) is 0 Å². The van der Waals surface area contributed by atoms with Crippen LogP contribution in [0.5, 0.6) is 0 Å². The zero-order valence-corrected chi connectivity index (χ0v) is 17.2. The van der Waals surface area contributed by atoms with E-state index >= 15 is 0 Å². The highest BCUT2D eigenvalue weighted by molar-refractivity contribution is 6.06. The van der Waals surface area contributed by atoms with Gasteiger partial charge in [0.2, 0.25) is 0 Å². The number of aromatic nitrogens is 4. The van der Waals surface area contributed by atoms with E-state index in [-0.39, 0.29) is 11.3 Å². The molecule has 0 bridgehead atoms. The second-order valence-electron chi connectivity index (χ2n) is 7.13. The maximum Gasteiger partial charge on any atom is 0.418 e. The quantitative estimate of drug-likeness (QED) is 0.475. The molecule has 2 aromatic carbocycles. The highest BCUT2D eigenvalue weighted by Gasteiger charge is 2.34. The number of carbonyl (C=O) groups excluding carboxylic acids is 1. The highest BCUT2D eigenvalue weighted by Crippen LogP contribution is 2.34. The summed E-state index contributed by atoms with van der Waals surface area (Å²) in [5, 5.41) is 6.79. The molecule has 2 heterocycles. The predicted molar refractivity (Wildman–Crippen MR) is 113 cm³/mol. The van der Waals surface area contributed by atoms with Crippen LogP contribution in [-0.4, -0.2) is 25.7 Å². The van der Waals surface area contributed by atoms with E-state index in [2.05, 4.69) is 20.4 Å². The molecule has 6 nitrogen and oxygen atoms in total. The van der Waals surface area contributed by atoms with Gasteiger partial charge in [0.05, 0.1) is 34.5 Å².